The van der Waals surface area contributed by atoms with Gasteiger partial charge in [0.1, 0.15) is 10.7 Å². The Morgan fingerprint density at radius 1 is 1.09 bits per heavy atom. The highest BCUT2D eigenvalue weighted by Gasteiger charge is 2.32. The normalized spacial score (nSPS) is 16.6. The van der Waals surface area contributed by atoms with Gasteiger partial charge in [0.25, 0.3) is 0 Å². The fraction of sp³-hybridized carbons (Fsp3) is 0.391. The smallest absolute Gasteiger partial charge is 0.248 e. The lowest BCUT2D eigenvalue weighted by molar-refractivity contribution is 0.232. The van der Waals surface area contributed by atoms with Gasteiger partial charge in [0, 0.05) is 61.3 Å². The number of nitrogens with zero attached hydrogens (tertiary/aromatic N) is 6. The zero-order valence-electron chi connectivity index (χ0n) is 19.3. The maximum Gasteiger partial charge on any atom is 0.248 e. The van der Waals surface area contributed by atoms with E-state index in [9.17, 15) is 8.42 Å². The fourth-order valence-corrected chi connectivity index (χ4v) is 5.68. The number of pyridine rings is 2. The van der Waals surface area contributed by atoms with Crippen LogP contribution in [0.4, 0.5) is 5.82 Å². The second-order valence-corrected chi connectivity index (χ2v) is 10.5. The Morgan fingerprint density at radius 3 is 2.59 bits per heavy atom. The van der Waals surface area contributed by atoms with Crippen molar-refractivity contribution < 1.29 is 17.7 Å². The van der Waals surface area contributed by atoms with Gasteiger partial charge in [-0.25, -0.2) is 18.4 Å². The second kappa shape index (κ2) is 8.80. The Balaban J connectivity index is 1.33. The predicted octanol–water partition coefficient (Wildman–Crippen LogP) is 2.42. The molecular weight excluding hydrogens is 456 g/mol. The van der Waals surface area contributed by atoms with Crippen molar-refractivity contribution in [3.8, 4) is 5.88 Å². The highest BCUT2D eigenvalue weighted by Crippen LogP contribution is 2.28. The van der Waals surface area contributed by atoms with Gasteiger partial charge in [-0.1, -0.05) is 5.16 Å². The molecule has 2 aliphatic heterocycles. The van der Waals surface area contributed by atoms with E-state index in [1.165, 1.54) is 10.5 Å². The molecule has 10 nitrogen and oxygen atoms in total. The van der Waals surface area contributed by atoms with E-state index in [1.54, 1.807) is 13.1 Å². The first-order chi connectivity index (χ1) is 16.3. The van der Waals surface area contributed by atoms with Gasteiger partial charge >= 0.3 is 0 Å². The highest BCUT2D eigenvalue weighted by atomic mass is 32.2. The molecular formula is C23H26N6O4S. The minimum absolute atomic E-state index is 0.0380. The molecule has 178 valence electrons. The largest absolute Gasteiger partial charge is 0.475 e. The summed E-state index contributed by atoms with van der Waals surface area (Å²) in [7, 11) is -3.63. The topological polar surface area (TPSA) is 114 Å². The number of piperazine rings is 1. The lowest BCUT2D eigenvalue weighted by atomic mass is 10.0. The van der Waals surface area contributed by atoms with E-state index < -0.39 is 10.0 Å². The van der Waals surface area contributed by atoms with Crippen LogP contribution in [0.5, 0.6) is 5.88 Å². The average Bonchev–Trinajstić information content (AvgIpc) is 3.45. The standard InChI is InChI=1S/C23H26N6O4S/c1-15(2)32-22-11-19-18(12-25-22)13-26-23(19)17-4-5-24-21(10-17)28-6-8-29(9-7-28)34(30,31)20-14-27-33-16(20)3/h4-5,10-12,14-15H,6-9,13H2,1-3H3. The van der Waals surface area contributed by atoms with E-state index in [1.807, 2.05) is 38.2 Å². The quantitative estimate of drug-likeness (QED) is 0.526. The molecule has 1 saturated heterocycles. The van der Waals surface area contributed by atoms with Crippen molar-refractivity contribution in [1.82, 2.24) is 19.4 Å². The lowest BCUT2D eigenvalue weighted by Crippen LogP contribution is -2.49. The summed E-state index contributed by atoms with van der Waals surface area (Å²) in [5.41, 5.74) is 3.93. The second-order valence-electron chi connectivity index (χ2n) is 8.55. The minimum Gasteiger partial charge on any atom is -0.475 e. The summed E-state index contributed by atoms with van der Waals surface area (Å²) in [6, 6.07) is 5.89. The summed E-state index contributed by atoms with van der Waals surface area (Å²) < 4.78 is 38.0. The van der Waals surface area contributed by atoms with Gasteiger partial charge in [-0.15, -0.1) is 0 Å². The zero-order valence-corrected chi connectivity index (χ0v) is 20.1. The molecule has 0 spiro atoms. The van der Waals surface area contributed by atoms with Crippen molar-refractivity contribution in [2.24, 2.45) is 4.99 Å². The first kappa shape index (κ1) is 22.5. The first-order valence-corrected chi connectivity index (χ1v) is 12.6. The minimum atomic E-state index is -3.63. The SMILES string of the molecule is Cc1oncc1S(=O)(=O)N1CCN(c2cc(C3=NCc4cnc(OC(C)C)cc43)ccn2)CC1. The predicted molar refractivity (Wildman–Crippen MR) is 126 cm³/mol. The number of anilines is 1. The number of aromatic nitrogens is 3. The molecule has 3 aromatic heterocycles. The number of fused-ring (bicyclic) bond motifs is 1. The molecule has 0 saturated carbocycles. The number of hydrogen-bond donors (Lipinski definition) is 0. The average molecular weight is 483 g/mol. The van der Waals surface area contributed by atoms with Crippen molar-refractivity contribution >= 4 is 21.6 Å². The number of ether oxygens (including phenoxy) is 1. The molecule has 0 aliphatic carbocycles. The molecule has 0 bridgehead atoms. The van der Waals surface area contributed by atoms with Gasteiger partial charge in [0.05, 0.1) is 24.6 Å². The highest BCUT2D eigenvalue weighted by molar-refractivity contribution is 7.89. The van der Waals surface area contributed by atoms with Crippen LogP contribution in [0.15, 0.2) is 51.2 Å². The van der Waals surface area contributed by atoms with Gasteiger partial charge < -0.3 is 14.2 Å². The lowest BCUT2D eigenvalue weighted by Gasteiger charge is -2.34. The van der Waals surface area contributed by atoms with Crippen molar-refractivity contribution in [3.05, 3.63) is 59.2 Å². The van der Waals surface area contributed by atoms with Crippen LogP contribution in [-0.2, 0) is 16.6 Å². The van der Waals surface area contributed by atoms with Crippen LogP contribution in [0.2, 0.25) is 0 Å². The summed E-state index contributed by atoms with van der Waals surface area (Å²) >= 11 is 0. The molecule has 34 heavy (non-hydrogen) atoms. The molecule has 0 radical (unpaired) electrons. The van der Waals surface area contributed by atoms with E-state index in [-0.39, 0.29) is 11.0 Å². The number of aryl methyl sites for hydroxylation is 1. The van der Waals surface area contributed by atoms with E-state index >= 15 is 0 Å². The summed E-state index contributed by atoms with van der Waals surface area (Å²) in [6.07, 6.45) is 4.88. The van der Waals surface area contributed by atoms with E-state index in [0.29, 0.717) is 44.4 Å². The van der Waals surface area contributed by atoms with Crippen LogP contribution in [-0.4, -0.2) is 65.8 Å². The van der Waals surface area contributed by atoms with Gasteiger partial charge in [0.15, 0.2) is 5.76 Å². The van der Waals surface area contributed by atoms with Crippen molar-refractivity contribution in [2.75, 3.05) is 31.1 Å². The molecule has 11 heteroatoms. The van der Waals surface area contributed by atoms with Crippen molar-refractivity contribution in [1.29, 1.82) is 0 Å². The summed E-state index contributed by atoms with van der Waals surface area (Å²) in [5.74, 6) is 1.67. The van der Waals surface area contributed by atoms with Crippen LogP contribution in [0.25, 0.3) is 0 Å². The molecule has 0 aromatic carbocycles. The summed E-state index contributed by atoms with van der Waals surface area (Å²) in [5, 5.41) is 3.60. The fourth-order valence-electron chi connectivity index (χ4n) is 4.19. The molecule has 5 heterocycles. The molecule has 2 aliphatic rings. The van der Waals surface area contributed by atoms with Crippen LogP contribution in [0.1, 0.15) is 36.3 Å². The van der Waals surface area contributed by atoms with Crippen LogP contribution in [0.3, 0.4) is 0 Å². The molecule has 0 amide bonds. The maximum atomic E-state index is 12.9. The Kier molecular flexibility index (Phi) is 5.82. The monoisotopic (exact) mass is 482 g/mol. The van der Waals surface area contributed by atoms with Crippen molar-refractivity contribution in [2.45, 2.75) is 38.3 Å². The van der Waals surface area contributed by atoms with Crippen LogP contribution < -0.4 is 9.64 Å². The Hall–Kier alpha value is -3.31. The van der Waals surface area contributed by atoms with E-state index in [4.69, 9.17) is 14.3 Å². The molecule has 3 aromatic rings. The maximum absolute atomic E-state index is 12.9. The Labute approximate surface area is 198 Å². The number of rotatable bonds is 6. The Morgan fingerprint density at radius 2 is 1.88 bits per heavy atom. The molecule has 1 fully saturated rings. The molecule has 0 unspecified atom stereocenters. The number of sulfonamides is 1. The van der Waals surface area contributed by atoms with Crippen molar-refractivity contribution in [3.63, 3.8) is 0 Å². The van der Waals surface area contributed by atoms with Gasteiger partial charge in [-0.2, -0.15) is 4.31 Å². The number of aliphatic imine (C=N–C) groups is 1. The Bertz CT molecular complexity index is 1340. The zero-order chi connectivity index (χ0) is 23.9. The molecule has 5 rings (SSSR count). The third-order valence-corrected chi connectivity index (χ3v) is 7.88. The van der Waals surface area contributed by atoms with Gasteiger partial charge in [-0.3, -0.25) is 4.99 Å². The van der Waals surface area contributed by atoms with Crippen LogP contribution >= 0.6 is 0 Å². The third kappa shape index (κ3) is 4.16. The molecule has 0 atom stereocenters. The molecule has 0 N–H and O–H groups in total. The van der Waals surface area contributed by atoms with Crippen LogP contribution in [0, 0.1) is 6.92 Å². The summed E-state index contributed by atoms with van der Waals surface area (Å²) in [4.78, 5) is 15.9. The van der Waals surface area contributed by atoms with E-state index in [2.05, 4.69) is 20.0 Å². The van der Waals surface area contributed by atoms with E-state index in [0.717, 1.165) is 28.2 Å². The summed E-state index contributed by atoms with van der Waals surface area (Å²) in [6.45, 7) is 7.88. The van der Waals surface area contributed by atoms with Gasteiger partial charge in [0.2, 0.25) is 15.9 Å². The van der Waals surface area contributed by atoms with Gasteiger partial charge in [-0.05, 0) is 32.9 Å². The first-order valence-electron chi connectivity index (χ1n) is 11.2. The third-order valence-electron chi connectivity index (χ3n) is 5.89. The number of hydrogen-bond acceptors (Lipinski definition) is 9.